The summed E-state index contributed by atoms with van der Waals surface area (Å²) in [7, 11) is 0. The highest BCUT2D eigenvalue weighted by Crippen LogP contribution is 2.34. The summed E-state index contributed by atoms with van der Waals surface area (Å²) in [5.41, 5.74) is 11.5. The summed E-state index contributed by atoms with van der Waals surface area (Å²) in [6.07, 6.45) is 0. The molecular formula is C32H23N3. The van der Waals surface area contributed by atoms with E-state index < -0.39 is 0 Å². The van der Waals surface area contributed by atoms with Crippen molar-refractivity contribution in [3.8, 4) is 27.9 Å². The minimum absolute atomic E-state index is 0.927. The Morgan fingerprint density at radius 3 is 1.86 bits per heavy atom. The highest BCUT2D eigenvalue weighted by atomic mass is 15.2. The van der Waals surface area contributed by atoms with Gasteiger partial charge < -0.3 is 0 Å². The number of fused-ring (bicyclic) bond motifs is 5. The van der Waals surface area contributed by atoms with E-state index in [1.165, 1.54) is 27.8 Å². The maximum Gasteiger partial charge on any atom is 0.220 e. The minimum Gasteiger partial charge on any atom is -0.278 e. The van der Waals surface area contributed by atoms with Crippen LogP contribution in [0.1, 0.15) is 5.56 Å². The smallest absolute Gasteiger partial charge is 0.220 e. The van der Waals surface area contributed by atoms with Crippen LogP contribution >= 0.6 is 0 Å². The van der Waals surface area contributed by atoms with Gasteiger partial charge in [0.1, 0.15) is 0 Å². The van der Waals surface area contributed by atoms with Crippen LogP contribution in [0.2, 0.25) is 0 Å². The highest BCUT2D eigenvalue weighted by Gasteiger charge is 2.18. The number of hydrogen-bond acceptors (Lipinski definition) is 1. The average molecular weight is 450 g/mol. The third kappa shape index (κ3) is 3.17. The summed E-state index contributed by atoms with van der Waals surface area (Å²) in [6.45, 7) is 2.13. The SMILES string of the molecule is Cc1cccc(-n2c3ccc(-c4ccccc4)cc3n3c4cc(-c5ccccc5)ccc4nc23)c1. The Morgan fingerprint density at radius 2 is 1.17 bits per heavy atom. The fourth-order valence-corrected chi connectivity index (χ4v) is 5.09. The Morgan fingerprint density at radius 1 is 0.514 bits per heavy atom. The van der Waals surface area contributed by atoms with Gasteiger partial charge in [0.05, 0.1) is 22.1 Å². The van der Waals surface area contributed by atoms with Crippen LogP contribution < -0.4 is 0 Å². The van der Waals surface area contributed by atoms with E-state index in [1.807, 2.05) is 0 Å². The van der Waals surface area contributed by atoms with Gasteiger partial charge in [-0.3, -0.25) is 8.97 Å². The predicted molar refractivity (Wildman–Crippen MR) is 145 cm³/mol. The van der Waals surface area contributed by atoms with Crippen LogP contribution in [-0.2, 0) is 0 Å². The van der Waals surface area contributed by atoms with Gasteiger partial charge in [0.15, 0.2) is 0 Å². The second kappa shape index (κ2) is 7.71. The lowest BCUT2D eigenvalue weighted by Crippen LogP contribution is -1.95. The van der Waals surface area contributed by atoms with Gasteiger partial charge in [-0.25, -0.2) is 4.98 Å². The van der Waals surface area contributed by atoms with Crippen molar-refractivity contribution in [2.75, 3.05) is 0 Å². The van der Waals surface area contributed by atoms with Crippen molar-refractivity contribution in [2.24, 2.45) is 0 Å². The number of aryl methyl sites for hydroxylation is 1. The zero-order chi connectivity index (χ0) is 23.4. The van der Waals surface area contributed by atoms with E-state index in [0.29, 0.717) is 0 Å². The molecule has 5 aromatic carbocycles. The van der Waals surface area contributed by atoms with Crippen LogP contribution in [0, 0.1) is 6.92 Å². The van der Waals surface area contributed by atoms with Gasteiger partial charge in [0.2, 0.25) is 5.78 Å². The minimum atomic E-state index is 0.927. The highest BCUT2D eigenvalue weighted by molar-refractivity contribution is 5.95. The van der Waals surface area contributed by atoms with E-state index >= 15 is 0 Å². The summed E-state index contributed by atoms with van der Waals surface area (Å²) in [5.74, 6) is 0.927. The Bertz CT molecular complexity index is 1840. The van der Waals surface area contributed by atoms with Gasteiger partial charge in [-0.2, -0.15) is 0 Å². The summed E-state index contributed by atoms with van der Waals surface area (Å²) in [4.78, 5) is 5.12. The Labute approximate surface area is 203 Å². The molecule has 0 aliphatic carbocycles. The lowest BCUT2D eigenvalue weighted by Gasteiger charge is -2.07. The standard InChI is InChI=1S/C32H23N3/c1-22-9-8-14-27(19-22)34-29-18-16-26(24-12-6-3-7-13-24)21-31(29)35-30-20-25(23-10-4-2-5-11-23)15-17-28(30)33-32(34)35/h2-21H,1H3. The van der Waals surface area contributed by atoms with Crippen molar-refractivity contribution in [1.29, 1.82) is 0 Å². The molecule has 0 spiro atoms. The van der Waals surface area contributed by atoms with E-state index in [9.17, 15) is 0 Å². The number of aromatic nitrogens is 3. The molecule has 0 bridgehead atoms. The van der Waals surface area contributed by atoms with Gasteiger partial charge in [-0.15, -0.1) is 0 Å². The molecular weight excluding hydrogens is 426 g/mol. The first-order valence-electron chi connectivity index (χ1n) is 11.9. The Balaban J connectivity index is 1.59. The number of rotatable bonds is 3. The van der Waals surface area contributed by atoms with Crippen LogP contribution in [0.5, 0.6) is 0 Å². The van der Waals surface area contributed by atoms with Crippen molar-refractivity contribution < 1.29 is 0 Å². The second-order valence-corrected chi connectivity index (χ2v) is 9.06. The Hall–Kier alpha value is -4.63. The zero-order valence-electron chi connectivity index (χ0n) is 19.4. The van der Waals surface area contributed by atoms with Crippen molar-refractivity contribution >= 4 is 27.8 Å². The van der Waals surface area contributed by atoms with Crippen LogP contribution in [0.3, 0.4) is 0 Å². The topological polar surface area (TPSA) is 22.2 Å². The van der Waals surface area contributed by atoms with Gasteiger partial charge in [-0.05, 0) is 71.1 Å². The first-order valence-corrected chi connectivity index (χ1v) is 11.9. The molecule has 0 unspecified atom stereocenters. The van der Waals surface area contributed by atoms with Gasteiger partial charge in [-0.1, -0.05) is 84.9 Å². The van der Waals surface area contributed by atoms with Crippen LogP contribution in [-0.4, -0.2) is 14.0 Å². The predicted octanol–water partition coefficient (Wildman–Crippen LogP) is 8.07. The monoisotopic (exact) mass is 449 g/mol. The number of benzene rings is 5. The number of imidazole rings is 2. The summed E-state index contributed by atoms with van der Waals surface area (Å²) in [6, 6.07) is 43.0. The molecule has 3 nitrogen and oxygen atoms in total. The first kappa shape index (κ1) is 19.8. The molecule has 0 aliphatic rings. The van der Waals surface area contributed by atoms with E-state index in [-0.39, 0.29) is 0 Å². The molecule has 0 atom stereocenters. The molecule has 0 aliphatic heterocycles. The van der Waals surface area contributed by atoms with E-state index in [1.54, 1.807) is 0 Å². The molecule has 2 aromatic heterocycles. The largest absolute Gasteiger partial charge is 0.278 e. The fourth-order valence-electron chi connectivity index (χ4n) is 5.09. The van der Waals surface area contributed by atoms with Crippen molar-refractivity contribution in [3.05, 3.63) is 127 Å². The third-order valence-electron chi connectivity index (χ3n) is 6.77. The van der Waals surface area contributed by atoms with Crippen LogP contribution in [0.25, 0.3) is 55.8 Å². The normalized spacial score (nSPS) is 11.6. The molecule has 0 radical (unpaired) electrons. The summed E-state index contributed by atoms with van der Waals surface area (Å²) >= 11 is 0. The van der Waals surface area contributed by atoms with Crippen molar-refractivity contribution in [3.63, 3.8) is 0 Å². The summed E-state index contributed by atoms with van der Waals surface area (Å²) in [5, 5.41) is 0. The molecule has 0 fully saturated rings. The second-order valence-electron chi connectivity index (χ2n) is 9.06. The molecule has 7 aromatic rings. The third-order valence-corrected chi connectivity index (χ3v) is 6.77. The van der Waals surface area contributed by atoms with Crippen LogP contribution in [0.4, 0.5) is 0 Å². The maximum absolute atomic E-state index is 5.12. The molecule has 7 rings (SSSR count). The molecule has 0 amide bonds. The fraction of sp³-hybridized carbons (Fsp3) is 0.0312. The lowest BCUT2D eigenvalue weighted by atomic mass is 10.0. The Kier molecular flexibility index (Phi) is 4.36. The molecule has 2 heterocycles. The lowest BCUT2D eigenvalue weighted by molar-refractivity contribution is 1.10. The van der Waals surface area contributed by atoms with E-state index in [0.717, 1.165) is 33.5 Å². The van der Waals surface area contributed by atoms with Crippen molar-refractivity contribution in [2.45, 2.75) is 6.92 Å². The van der Waals surface area contributed by atoms with Crippen LogP contribution in [0.15, 0.2) is 121 Å². The summed E-state index contributed by atoms with van der Waals surface area (Å²) < 4.78 is 4.59. The van der Waals surface area contributed by atoms with Gasteiger partial charge >= 0.3 is 0 Å². The molecule has 0 N–H and O–H groups in total. The number of nitrogens with zero attached hydrogens (tertiary/aromatic N) is 3. The quantitative estimate of drug-likeness (QED) is 0.267. The van der Waals surface area contributed by atoms with E-state index in [2.05, 4.69) is 137 Å². The first-order chi connectivity index (χ1) is 17.3. The number of hydrogen-bond donors (Lipinski definition) is 0. The van der Waals surface area contributed by atoms with Gasteiger partial charge in [0, 0.05) is 5.69 Å². The molecule has 3 heteroatoms. The molecule has 35 heavy (non-hydrogen) atoms. The molecule has 0 saturated carbocycles. The van der Waals surface area contributed by atoms with Gasteiger partial charge in [0.25, 0.3) is 0 Å². The zero-order valence-corrected chi connectivity index (χ0v) is 19.4. The molecule has 0 saturated heterocycles. The van der Waals surface area contributed by atoms with Crippen molar-refractivity contribution in [1.82, 2.24) is 14.0 Å². The maximum atomic E-state index is 5.12. The van der Waals surface area contributed by atoms with E-state index in [4.69, 9.17) is 4.98 Å². The average Bonchev–Trinajstić information content (AvgIpc) is 3.43. The molecule has 166 valence electrons.